The summed E-state index contributed by atoms with van der Waals surface area (Å²) in [5.74, 6) is 0.392. The summed E-state index contributed by atoms with van der Waals surface area (Å²) in [5, 5.41) is 51.2. The molecule has 5 rings (SSSR count). The Morgan fingerprint density at radius 1 is 1.06 bits per heavy atom. The molecular formula is C20H22O11. The highest BCUT2D eigenvalue weighted by Gasteiger charge is 2.61. The van der Waals surface area contributed by atoms with Crippen molar-refractivity contribution in [3.63, 3.8) is 0 Å². The predicted octanol–water partition coefficient (Wildman–Crippen LogP) is -1.48. The van der Waals surface area contributed by atoms with Crippen LogP contribution in [0.25, 0.3) is 11.0 Å². The third kappa shape index (κ3) is 3.09. The Kier molecular flexibility index (Phi) is 4.84. The first-order valence-corrected chi connectivity index (χ1v) is 9.79. The molecule has 9 atom stereocenters. The molecule has 168 valence electrons. The summed E-state index contributed by atoms with van der Waals surface area (Å²) in [4.78, 5) is 11.8. The summed E-state index contributed by atoms with van der Waals surface area (Å²) in [6.45, 7) is 0.788. The summed E-state index contributed by atoms with van der Waals surface area (Å²) in [6, 6.07) is 6.29. The normalized spacial score (nSPS) is 41.7. The fourth-order valence-electron chi connectivity index (χ4n) is 4.30. The van der Waals surface area contributed by atoms with Gasteiger partial charge in [0.15, 0.2) is 24.3 Å². The molecule has 2 fully saturated rings. The van der Waals surface area contributed by atoms with Gasteiger partial charge in [0.2, 0.25) is 0 Å². The number of aliphatic hydroxyl groups excluding tert-OH is 4. The number of fused-ring (bicyclic) bond motifs is 5. The second kappa shape index (κ2) is 7.22. The molecule has 3 aliphatic heterocycles. The molecule has 0 saturated carbocycles. The lowest BCUT2D eigenvalue weighted by molar-refractivity contribution is -0.349. The quantitative estimate of drug-likeness (QED) is 0.354. The third-order valence-electron chi connectivity index (χ3n) is 6.03. The molecule has 0 spiro atoms. The van der Waals surface area contributed by atoms with Crippen LogP contribution >= 0.6 is 0 Å². The van der Waals surface area contributed by atoms with Crippen LogP contribution in [0.3, 0.4) is 0 Å². The van der Waals surface area contributed by atoms with E-state index >= 15 is 0 Å². The summed E-state index contributed by atoms with van der Waals surface area (Å²) in [6.07, 6.45) is -10.7. The van der Waals surface area contributed by atoms with Crippen LogP contribution in [0, 0.1) is 0 Å². The molecule has 0 bridgehead atoms. The van der Waals surface area contributed by atoms with Crippen LogP contribution in [0.2, 0.25) is 0 Å². The van der Waals surface area contributed by atoms with E-state index in [4.69, 9.17) is 23.4 Å². The van der Waals surface area contributed by atoms with Gasteiger partial charge in [-0.15, -0.1) is 0 Å². The lowest BCUT2D eigenvalue weighted by atomic mass is 9.95. The first kappa shape index (κ1) is 20.8. The van der Waals surface area contributed by atoms with Crippen molar-refractivity contribution in [2.45, 2.75) is 61.7 Å². The van der Waals surface area contributed by atoms with Gasteiger partial charge in [-0.1, -0.05) is 0 Å². The SMILES string of the molecule is CC1(O)C(OC2OC(CO)C(O)C(O)C2O)OC2c3c(ccc4ccc(=O)oc34)OC21. The molecule has 2 saturated heterocycles. The van der Waals surface area contributed by atoms with E-state index in [1.54, 1.807) is 18.2 Å². The van der Waals surface area contributed by atoms with Gasteiger partial charge in [-0.3, -0.25) is 0 Å². The van der Waals surface area contributed by atoms with E-state index in [-0.39, 0.29) is 5.58 Å². The largest absolute Gasteiger partial charge is 0.484 e. The highest BCUT2D eigenvalue weighted by molar-refractivity contribution is 5.83. The van der Waals surface area contributed by atoms with Crippen molar-refractivity contribution in [3.8, 4) is 5.75 Å². The maximum absolute atomic E-state index is 11.8. The van der Waals surface area contributed by atoms with Crippen LogP contribution in [-0.4, -0.2) is 80.8 Å². The molecule has 0 amide bonds. The molecule has 0 radical (unpaired) electrons. The zero-order valence-electron chi connectivity index (χ0n) is 16.3. The van der Waals surface area contributed by atoms with Gasteiger partial charge in [-0.05, 0) is 25.1 Å². The van der Waals surface area contributed by atoms with E-state index in [1.807, 2.05) is 0 Å². The summed E-state index contributed by atoms with van der Waals surface area (Å²) in [7, 11) is 0. The Hall–Kier alpha value is -2.09. The molecule has 4 heterocycles. The van der Waals surface area contributed by atoms with Gasteiger partial charge in [0, 0.05) is 11.5 Å². The van der Waals surface area contributed by atoms with Crippen LogP contribution in [0.4, 0.5) is 0 Å². The second-order valence-corrected chi connectivity index (χ2v) is 8.14. The predicted molar refractivity (Wildman–Crippen MR) is 100.0 cm³/mol. The zero-order valence-corrected chi connectivity index (χ0v) is 16.3. The van der Waals surface area contributed by atoms with Gasteiger partial charge in [-0.2, -0.15) is 0 Å². The van der Waals surface area contributed by atoms with Gasteiger partial charge in [0.25, 0.3) is 0 Å². The first-order chi connectivity index (χ1) is 14.7. The van der Waals surface area contributed by atoms with Crippen molar-refractivity contribution >= 4 is 11.0 Å². The van der Waals surface area contributed by atoms with Gasteiger partial charge in [-0.25, -0.2) is 4.79 Å². The minimum Gasteiger partial charge on any atom is -0.484 e. The molecule has 11 heteroatoms. The number of hydrogen-bond acceptors (Lipinski definition) is 11. The number of hydrogen-bond donors (Lipinski definition) is 5. The highest BCUT2D eigenvalue weighted by Crippen LogP contribution is 2.52. The minimum atomic E-state index is -1.73. The van der Waals surface area contributed by atoms with Crippen molar-refractivity contribution in [1.82, 2.24) is 0 Å². The van der Waals surface area contributed by atoms with E-state index in [9.17, 15) is 30.3 Å². The van der Waals surface area contributed by atoms with Crippen LogP contribution in [0.1, 0.15) is 18.6 Å². The van der Waals surface area contributed by atoms with Crippen molar-refractivity contribution in [1.29, 1.82) is 0 Å². The van der Waals surface area contributed by atoms with Crippen LogP contribution in [0.5, 0.6) is 5.75 Å². The van der Waals surface area contributed by atoms with Gasteiger partial charge >= 0.3 is 5.63 Å². The molecule has 9 unspecified atom stereocenters. The van der Waals surface area contributed by atoms with E-state index in [0.717, 1.165) is 0 Å². The molecule has 1 aromatic heterocycles. The van der Waals surface area contributed by atoms with Crippen molar-refractivity contribution < 1.29 is 48.9 Å². The number of benzene rings is 1. The van der Waals surface area contributed by atoms with Crippen LogP contribution < -0.4 is 10.4 Å². The Bertz CT molecular complexity index is 1050. The Balaban J connectivity index is 1.45. The topological polar surface area (TPSA) is 168 Å². The summed E-state index contributed by atoms with van der Waals surface area (Å²) in [5.41, 5.74) is -1.57. The van der Waals surface area contributed by atoms with Crippen molar-refractivity contribution in [3.05, 3.63) is 40.2 Å². The van der Waals surface area contributed by atoms with Crippen molar-refractivity contribution in [2.24, 2.45) is 0 Å². The fraction of sp³-hybridized carbons (Fsp3) is 0.550. The lowest BCUT2D eigenvalue weighted by Gasteiger charge is -2.41. The number of rotatable bonds is 3. The molecule has 31 heavy (non-hydrogen) atoms. The Labute approximate surface area is 175 Å². The summed E-state index contributed by atoms with van der Waals surface area (Å²) < 4.78 is 28.1. The van der Waals surface area contributed by atoms with Crippen molar-refractivity contribution in [2.75, 3.05) is 6.61 Å². The Morgan fingerprint density at radius 3 is 2.55 bits per heavy atom. The first-order valence-electron chi connectivity index (χ1n) is 9.79. The van der Waals surface area contributed by atoms with Gasteiger partial charge in [0.1, 0.15) is 41.9 Å². The lowest BCUT2D eigenvalue weighted by Crippen LogP contribution is -2.61. The zero-order chi connectivity index (χ0) is 22.1. The third-order valence-corrected chi connectivity index (χ3v) is 6.03. The fourth-order valence-corrected chi connectivity index (χ4v) is 4.30. The average Bonchev–Trinajstić information content (AvgIpc) is 3.23. The molecule has 2 aromatic rings. The number of ether oxygens (including phenoxy) is 4. The van der Waals surface area contributed by atoms with Crippen LogP contribution in [0.15, 0.2) is 33.5 Å². The number of aliphatic hydroxyl groups is 5. The molecular weight excluding hydrogens is 416 g/mol. The average molecular weight is 438 g/mol. The smallest absolute Gasteiger partial charge is 0.336 e. The molecule has 5 N–H and O–H groups in total. The molecule has 1 aromatic carbocycles. The minimum absolute atomic E-state index is 0.266. The highest BCUT2D eigenvalue weighted by atomic mass is 16.8. The maximum atomic E-state index is 11.8. The van der Waals surface area contributed by atoms with E-state index < -0.39 is 67.0 Å². The van der Waals surface area contributed by atoms with E-state index in [1.165, 1.54) is 13.0 Å². The summed E-state index contributed by atoms with van der Waals surface area (Å²) >= 11 is 0. The molecule has 0 aliphatic carbocycles. The second-order valence-electron chi connectivity index (χ2n) is 8.14. The van der Waals surface area contributed by atoms with Crippen LogP contribution in [-0.2, 0) is 14.2 Å². The Morgan fingerprint density at radius 2 is 1.81 bits per heavy atom. The van der Waals surface area contributed by atoms with E-state index in [0.29, 0.717) is 16.7 Å². The van der Waals surface area contributed by atoms with Gasteiger partial charge < -0.3 is 48.9 Å². The van der Waals surface area contributed by atoms with E-state index in [2.05, 4.69) is 0 Å². The van der Waals surface area contributed by atoms with Gasteiger partial charge in [0.05, 0.1) is 12.2 Å². The monoisotopic (exact) mass is 438 g/mol. The maximum Gasteiger partial charge on any atom is 0.336 e. The molecule has 11 nitrogen and oxygen atoms in total. The standard InChI is InChI=1S/C20H22O11/c1-20(26)17-16(11-8(27-17)4-2-7-3-5-10(22)29-15(7)11)30-19(20)31-18-14(25)13(24)12(23)9(6-21)28-18/h2-5,9,12-14,16-19,21,23-26H,6H2,1H3. The molecule has 3 aliphatic rings.